The second-order valence-electron chi connectivity index (χ2n) is 7.82. The maximum absolute atomic E-state index is 12.8. The van der Waals surface area contributed by atoms with Crippen LogP contribution in [0.2, 0.25) is 0 Å². The Morgan fingerprint density at radius 2 is 1.76 bits per heavy atom. The fraction of sp³-hybridized carbons (Fsp3) is 0.154. The molecule has 1 unspecified atom stereocenters. The molecule has 0 aliphatic rings. The number of aromatic amines is 1. The van der Waals surface area contributed by atoms with Crippen LogP contribution in [0, 0.1) is 0 Å². The van der Waals surface area contributed by atoms with Gasteiger partial charge in [-0.1, -0.05) is 71.9 Å². The molecule has 0 radical (unpaired) electrons. The standard InChI is InChI=1S/C26H23N5O2/c32-23(12-7-13-24-30-26(31-33-24)19-10-5-2-6-11-19)29-25(18-8-3-1-4-9-18)20-14-15-21-22(16-20)28-17-27-21/h1-6,8-11,14-17,25H,7,12-13H2,(H,27,28)(H,29,32). The van der Waals surface area contributed by atoms with Crippen molar-refractivity contribution in [1.82, 2.24) is 25.4 Å². The van der Waals surface area contributed by atoms with E-state index in [-0.39, 0.29) is 11.9 Å². The topological polar surface area (TPSA) is 96.7 Å². The Morgan fingerprint density at radius 1 is 0.970 bits per heavy atom. The SMILES string of the molecule is O=C(CCCc1nc(-c2ccccc2)no1)NC(c1ccccc1)c1ccc2nc[nH]c2c1. The van der Waals surface area contributed by atoms with Crippen LogP contribution >= 0.6 is 0 Å². The Labute approximate surface area is 190 Å². The Bertz CT molecular complexity index is 1340. The van der Waals surface area contributed by atoms with Crippen LogP contribution in [0.1, 0.15) is 35.9 Å². The molecule has 7 heteroatoms. The van der Waals surface area contributed by atoms with Crippen molar-refractivity contribution >= 4 is 16.9 Å². The highest BCUT2D eigenvalue weighted by molar-refractivity contribution is 5.78. The van der Waals surface area contributed by atoms with E-state index in [0.717, 1.165) is 27.7 Å². The third-order valence-corrected chi connectivity index (χ3v) is 5.51. The molecule has 0 saturated heterocycles. The van der Waals surface area contributed by atoms with Crippen LogP contribution in [0.3, 0.4) is 0 Å². The Hall–Kier alpha value is -4.26. The molecule has 2 heterocycles. The number of rotatable bonds is 8. The molecule has 0 spiro atoms. The predicted molar refractivity (Wildman–Crippen MR) is 125 cm³/mol. The minimum absolute atomic E-state index is 0.0311. The third-order valence-electron chi connectivity index (χ3n) is 5.51. The first-order valence-electron chi connectivity index (χ1n) is 10.9. The number of imidazole rings is 1. The van der Waals surface area contributed by atoms with E-state index < -0.39 is 0 Å². The fourth-order valence-corrected chi connectivity index (χ4v) is 3.83. The summed E-state index contributed by atoms with van der Waals surface area (Å²) >= 11 is 0. The van der Waals surface area contributed by atoms with Crippen molar-refractivity contribution in [2.24, 2.45) is 0 Å². The maximum atomic E-state index is 12.8. The molecule has 1 amide bonds. The highest BCUT2D eigenvalue weighted by Gasteiger charge is 2.18. The number of nitrogens with zero attached hydrogens (tertiary/aromatic N) is 3. The molecule has 5 rings (SSSR count). The van der Waals surface area contributed by atoms with Gasteiger partial charge in [-0.2, -0.15) is 4.98 Å². The van der Waals surface area contributed by atoms with Crippen molar-refractivity contribution in [3.63, 3.8) is 0 Å². The molecular weight excluding hydrogens is 414 g/mol. The van der Waals surface area contributed by atoms with E-state index >= 15 is 0 Å². The number of carbonyl (C=O) groups excluding carboxylic acids is 1. The number of amides is 1. The van der Waals surface area contributed by atoms with Crippen molar-refractivity contribution in [3.05, 3.63) is 102 Å². The number of carbonyl (C=O) groups is 1. The first-order valence-corrected chi connectivity index (χ1v) is 10.9. The molecule has 2 N–H and O–H groups in total. The molecule has 0 fully saturated rings. The van der Waals surface area contributed by atoms with Gasteiger partial charge in [0, 0.05) is 18.4 Å². The summed E-state index contributed by atoms with van der Waals surface area (Å²) in [6.45, 7) is 0. The number of hydrogen-bond acceptors (Lipinski definition) is 5. The van der Waals surface area contributed by atoms with Crippen molar-refractivity contribution in [2.45, 2.75) is 25.3 Å². The zero-order valence-corrected chi connectivity index (χ0v) is 17.9. The Kier molecular flexibility index (Phi) is 5.93. The number of aryl methyl sites for hydroxylation is 1. The quantitative estimate of drug-likeness (QED) is 0.362. The predicted octanol–water partition coefficient (Wildman–Crippen LogP) is 4.84. The maximum Gasteiger partial charge on any atom is 0.226 e. The van der Waals surface area contributed by atoms with Gasteiger partial charge in [0.15, 0.2) is 0 Å². The second-order valence-corrected chi connectivity index (χ2v) is 7.82. The number of nitrogens with one attached hydrogen (secondary N) is 2. The highest BCUT2D eigenvalue weighted by Crippen LogP contribution is 2.25. The second kappa shape index (κ2) is 9.48. The summed E-state index contributed by atoms with van der Waals surface area (Å²) < 4.78 is 5.35. The molecule has 2 aromatic heterocycles. The summed E-state index contributed by atoms with van der Waals surface area (Å²) in [5, 5.41) is 7.22. The largest absolute Gasteiger partial charge is 0.345 e. The van der Waals surface area contributed by atoms with E-state index in [1.807, 2.05) is 78.9 Å². The first kappa shape index (κ1) is 20.6. The van der Waals surface area contributed by atoms with Gasteiger partial charge in [-0.3, -0.25) is 4.79 Å². The molecule has 0 saturated carbocycles. The Morgan fingerprint density at radius 3 is 2.58 bits per heavy atom. The summed E-state index contributed by atoms with van der Waals surface area (Å²) in [4.78, 5) is 24.7. The van der Waals surface area contributed by atoms with E-state index in [2.05, 4.69) is 25.4 Å². The molecule has 5 aromatic rings. The minimum atomic E-state index is -0.250. The van der Waals surface area contributed by atoms with Crippen LogP contribution in [-0.4, -0.2) is 26.0 Å². The highest BCUT2D eigenvalue weighted by atomic mass is 16.5. The summed E-state index contributed by atoms with van der Waals surface area (Å²) in [5.74, 6) is 1.07. The summed E-state index contributed by atoms with van der Waals surface area (Å²) in [6, 6.07) is 25.4. The van der Waals surface area contributed by atoms with Crippen LogP contribution in [0.15, 0.2) is 89.7 Å². The van der Waals surface area contributed by atoms with Gasteiger partial charge in [0.25, 0.3) is 0 Å². The average molecular weight is 438 g/mol. The third kappa shape index (κ3) is 4.82. The first-order chi connectivity index (χ1) is 16.3. The lowest BCUT2D eigenvalue weighted by molar-refractivity contribution is -0.121. The van der Waals surface area contributed by atoms with E-state index in [4.69, 9.17) is 4.52 Å². The summed E-state index contributed by atoms with van der Waals surface area (Å²) in [5.41, 5.74) is 4.76. The van der Waals surface area contributed by atoms with Crippen LogP contribution in [0.5, 0.6) is 0 Å². The molecule has 7 nitrogen and oxygen atoms in total. The van der Waals surface area contributed by atoms with Gasteiger partial charge < -0.3 is 14.8 Å². The number of hydrogen-bond donors (Lipinski definition) is 2. The lowest BCUT2D eigenvalue weighted by Gasteiger charge is -2.20. The van der Waals surface area contributed by atoms with Crippen molar-refractivity contribution in [3.8, 4) is 11.4 Å². The molecule has 0 aliphatic heterocycles. The lowest BCUT2D eigenvalue weighted by atomic mass is 9.98. The Balaban J connectivity index is 1.24. The van der Waals surface area contributed by atoms with Crippen LogP contribution in [-0.2, 0) is 11.2 Å². The van der Waals surface area contributed by atoms with Gasteiger partial charge in [-0.25, -0.2) is 4.98 Å². The van der Waals surface area contributed by atoms with E-state index in [0.29, 0.717) is 31.0 Å². The van der Waals surface area contributed by atoms with Gasteiger partial charge in [-0.15, -0.1) is 0 Å². The van der Waals surface area contributed by atoms with Crippen LogP contribution in [0.4, 0.5) is 0 Å². The molecule has 0 aliphatic carbocycles. The lowest BCUT2D eigenvalue weighted by Crippen LogP contribution is -2.29. The number of fused-ring (bicyclic) bond motifs is 1. The van der Waals surface area contributed by atoms with Gasteiger partial charge in [0.1, 0.15) is 0 Å². The number of H-pyrrole nitrogens is 1. The molecule has 3 aromatic carbocycles. The number of benzene rings is 3. The van der Waals surface area contributed by atoms with E-state index in [1.54, 1.807) is 6.33 Å². The van der Waals surface area contributed by atoms with Gasteiger partial charge in [0.05, 0.1) is 23.4 Å². The molecule has 1 atom stereocenters. The number of aromatic nitrogens is 4. The zero-order chi connectivity index (χ0) is 22.5. The van der Waals surface area contributed by atoms with Gasteiger partial charge >= 0.3 is 0 Å². The van der Waals surface area contributed by atoms with E-state index in [9.17, 15) is 4.79 Å². The average Bonchev–Trinajstić information content (AvgIpc) is 3.53. The summed E-state index contributed by atoms with van der Waals surface area (Å²) in [7, 11) is 0. The summed E-state index contributed by atoms with van der Waals surface area (Å²) in [6.07, 6.45) is 3.19. The normalized spacial score (nSPS) is 12.0. The van der Waals surface area contributed by atoms with Crippen molar-refractivity contribution in [1.29, 1.82) is 0 Å². The molecule has 0 bridgehead atoms. The van der Waals surface area contributed by atoms with Crippen molar-refractivity contribution in [2.75, 3.05) is 0 Å². The zero-order valence-electron chi connectivity index (χ0n) is 17.9. The van der Waals surface area contributed by atoms with Crippen molar-refractivity contribution < 1.29 is 9.32 Å². The smallest absolute Gasteiger partial charge is 0.226 e. The minimum Gasteiger partial charge on any atom is -0.345 e. The van der Waals surface area contributed by atoms with Gasteiger partial charge in [0.2, 0.25) is 17.6 Å². The fourth-order valence-electron chi connectivity index (χ4n) is 3.83. The monoisotopic (exact) mass is 437 g/mol. The van der Waals surface area contributed by atoms with Gasteiger partial charge in [-0.05, 0) is 29.7 Å². The molecular formula is C26H23N5O2. The van der Waals surface area contributed by atoms with Crippen LogP contribution in [0.25, 0.3) is 22.4 Å². The van der Waals surface area contributed by atoms with Crippen LogP contribution < -0.4 is 5.32 Å². The molecule has 164 valence electrons. The van der Waals surface area contributed by atoms with E-state index in [1.165, 1.54) is 0 Å². The molecule has 33 heavy (non-hydrogen) atoms.